The second kappa shape index (κ2) is 12.9. The highest BCUT2D eigenvalue weighted by atomic mass is 15.1. The van der Waals surface area contributed by atoms with Gasteiger partial charge in [-0.3, -0.25) is 0 Å². The minimum atomic E-state index is -0.475. The predicted octanol–water partition coefficient (Wildman–Crippen LogP) is 16.8. The molecule has 0 fully saturated rings. The standard InChI is InChI=1S/C64H44N2/c1-63(2)52-25-10-7-21-46(52)47-36-34-40(38-57(47)63)65(39-33-35-45-43-19-4-3-17-41(43)42-18-5-6-20-44(42)51(45)37-39)60-32-16-28-55-61(60)50-23-8-11-26-53(50)64(55)54-27-12-14-31-59(54)66-58-30-13-9-22-48(58)49-24-15-29-56(64)62(49)66/h3-10,12-25,27-38H,11,26H2,1-2H3. The van der Waals surface area contributed by atoms with Gasteiger partial charge < -0.3 is 9.47 Å². The van der Waals surface area contributed by atoms with Gasteiger partial charge in [-0.1, -0.05) is 178 Å². The number of fused-ring (bicyclic) bond motifs is 20. The van der Waals surface area contributed by atoms with Gasteiger partial charge in [-0.25, -0.2) is 0 Å². The molecule has 0 saturated heterocycles. The highest BCUT2D eigenvalue weighted by Crippen LogP contribution is 2.64. The Balaban J connectivity index is 1.06. The first-order chi connectivity index (χ1) is 32.5. The highest BCUT2D eigenvalue weighted by Gasteiger charge is 2.52. The minimum Gasteiger partial charge on any atom is -0.310 e. The van der Waals surface area contributed by atoms with Crippen molar-refractivity contribution in [1.29, 1.82) is 0 Å². The summed E-state index contributed by atoms with van der Waals surface area (Å²) in [6.45, 7) is 4.79. The molecule has 66 heavy (non-hydrogen) atoms. The molecule has 0 N–H and O–H groups in total. The number of aromatic nitrogens is 1. The predicted molar refractivity (Wildman–Crippen MR) is 277 cm³/mol. The summed E-state index contributed by atoms with van der Waals surface area (Å²) >= 11 is 0. The molecular weight excluding hydrogens is 797 g/mol. The molecule has 15 rings (SSSR count). The van der Waals surface area contributed by atoms with Gasteiger partial charge in [0.05, 0.1) is 27.8 Å². The van der Waals surface area contributed by atoms with Crippen LogP contribution in [0.15, 0.2) is 212 Å². The smallest absolute Gasteiger partial charge is 0.0718 e. The Hall–Kier alpha value is -7.94. The molecule has 11 aromatic rings. The highest BCUT2D eigenvalue weighted by molar-refractivity contribution is 6.26. The van der Waals surface area contributed by atoms with Gasteiger partial charge in [-0.15, -0.1) is 0 Å². The van der Waals surface area contributed by atoms with Crippen molar-refractivity contribution in [1.82, 2.24) is 4.57 Å². The van der Waals surface area contributed by atoms with E-state index in [0.717, 1.165) is 18.5 Å². The van der Waals surface area contributed by atoms with Gasteiger partial charge in [0.2, 0.25) is 0 Å². The van der Waals surface area contributed by atoms with Crippen LogP contribution in [0.25, 0.3) is 76.5 Å². The van der Waals surface area contributed by atoms with Crippen LogP contribution in [-0.4, -0.2) is 4.57 Å². The second-order valence-electron chi connectivity index (χ2n) is 19.4. The third kappa shape index (κ3) is 4.42. The van der Waals surface area contributed by atoms with Crippen molar-refractivity contribution < 1.29 is 0 Å². The van der Waals surface area contributed by atoms with Gasteiger partial charge >= 0.3 is 0 Å². The van der Waals surface area contributed by atoms with E-state index in [2.05, 4.69) is 230 Å². The molecule has 0 amide bonds. The molecule has 310 valence electrons. The van der Waals surface area contributed by atoms with Crippen LogP contribution < -0.4 is 4.90 Å². The van der Waals surface area contributed by atoms with E-state index in [-0.39, 0.29) is 5.41 Å². The third-order valence-electron chi connectivity index (χ3n) is 16.0. The van der Waals surface area contributed by atoms with E-state index < -0.39 is 5.41 Å². The topological polar surface area (TPSA) is 8.17 Å². The van der Waals surface area contributed by atoms with Crippen LogP contribution in [0.1, 0.15) is 60.1 Å². The van der Waals surface area contributed by atoms with Crippen molar-refractivity contribution in [2.45, 2.75) is 37.5 Å². The van der Waals surface area contributed by atoms with E-state index >= 15 is 0 Å². The first kappa shape index (κ1) is 36.4. The molecule has 1 aromatic heterocycles. The lowest BCUT2D eigenvalue weighted by atomic mass is 9.63. The molecule has 0 saturated carbocycles. The first-order valence-corrected chi connectivity index (χ1v) is 23.6. The molecule has 0 radical (unpaired) electrons. The van der Waals surface area contributed by atoms with E-state index in [4.69, 9.17) is 0 Å². The third-order valence-corrected chi connectivity index (χ3v) is 16.0. The van der Waals surface area contributed by atoms with Gasteiger partial charge in [0.1, 0.15) is 0 Å². The summed E-state index contributed by atoms with van der Waals surface area (Å²) in [4.78, 5) is 2.60. The van der Waals surface area contributed by atoms with Gasteiger partial charge in [0.25, 0.3) is 0 Å². The van der Waals surface area contributed by atoms with E-state index in [1.807, 2.05) is 0 Å². The molecule has 2 heterocycles. The van der Waals surface area contributed by atoms with Crippen molar-refractivity contribution in [3.63, 3.8) is 0 Å². The quantitative estimate of drug-likeness (QED) is 0.161. The molecule has 0 bridgehead atoms. The zero-order chi connectivity index (χ0) is 43.5. The van der Waals surface area contributed by atoms with Gasteiger partial charge in [0.15, 0.2) is 0 Å². The SMILES string of the molecule is CC1(C)c2ccccc2-c2ccc(N(c3ccc4c5ccccc5c5ccccc5c4c3)c3cccc4c3C3=C(CCC=C3)C43c4ccccc4-n4c5ccccc5c5cccc3c54)cc21. The Kier molecular flexibility index (Phi) is 7.10. The van der Waals surface area contributed by atoms with Crippen LogP contribution in [0.5, 0.6) is 0 Å². The lowest BCUT2D eigenvalue weighted by Gasteiger charge is -2.41. The van der Waals surface area contributed by atoms with Gasteiger partial charge in [-0.2, -0.15) is 0 Å². The molecule has 1 aliphatic heterocycles. The van der Waals surface area contributed by atoms with Crippen LogP contribution in [0.3, 0.4) is 0 Å². The number of rotatable bonds is 3. The van der Waals surface area contributed by atoms with Crippen molar-refractivity contribution >= 4 is 76.8 Å². The fraction of sp³-hybridized carbons (Fsp3) is 0.0938. The van der Waals surface area contributed by atoms with Crippen molar-refractivity contribution in [2.75, 3.05) is 4.90 Å². The summed E-state index contributed by atoms with van der Waals surface area (Å²) in [6.07, 6.45) is 6.88. The number of para-hydroxylation sites is 3. The van der Waals surface area contributed by atoms with Crippen LogP contribution in [-0.2, 0) is 10.8 Å². The molecule has 1 spiro atoms. The van der Waals surface area contributed by atoms with Crippen LogP contribution in [0.2, 0.25) is 0 Å². The van der Waals surface area contributed by atoms with E-state index in [1.54, 1.807) is 0 Å². The maximum absolute atomic E-state index is 2.60. The zero-order valence-corrected chi connectivity index (χ0v) is 36.9. The summed E-state index contributed by atoms with van der Waals surface area (Å²) in [5.74, 6) is 0. The Morgan fingerprint density at radius 3 is 1.86 bits per heavy atom. The number of nitrogens with zero attached hydrogens (tertiary/aromatic N) is 2. The molecule has 4 aliphatic rings. The van der Waals surface area contributed by atoms with E-state index in [9.17, 15) is 0 Å². The lowest BCUT2D eigenvalue weighted by molar-refractivity contribution is 0.660. The maximum Gasteiger partial charge on any atom is 0.0718 e. The number of hydrogen-bond acceptors (Lipinski definition) is 1. The molecule has 2 heteroatoms. The molecule has 10 aromatic carbocycles. The van der Waals surface area contributed by atoms with Crippen molar-refractivity contribution in [2.24, 2.45) is 0 Å². The summed E-state index contributed by atoms with van der Waals surface area (Å²) < 4.78 is 2.56. The van der Waals surface area contributed by atoms with Crippen LogP contribution in [0.4, 0.5) is 17.1 Å². The monoisotopic (exact) mass is 840 g/mol. The second-order valence-corrected chi connectivity index (χ2v) is 19.4. The molecular formula is C64H44N2. The summed E-state index contributed by atoms with van der Waals surface area (Å²) in [7, 11) is 0. The largest absolute Gasteiger partial charge is 0.310 e. The number of allylic oxidation sites excluding steroid dienone is 4. The molecule has 2 nitrogen and oxygen atoms in total. The average Bonchev–Trinajstić information content (AvgIpc) is 3.95. The zero-order valence-electron chi connectivity index (χ0n) is 36.9. The number of hydrogen-bond donors (Lipinski definition) is 0. The summed E-state index contributed by atoms with van der Waals surface area (Å²) in [6, 6.07) is 73.9. The average molecular weight is 841 g/mol. The Morgan fingerprint density at radius 1 is 0.455 bits per heavy atom. The number of anilines is 3. The fourth-order valence-electron chi connectivity index (χ4n) is 13.4. The van der Waals surface area contributed by atoms with Crippen molar-refractivity contribution in [3.8, 4) is 16.8 Å². The van der Waals surface area contributed by atoms with Crippen LogP contribution in [0, 0.1) is 0 Å². The van der Waals surface area contributed by atoms with E-state index in [1.165, 1.54) is 127 Å². The van der Waals surface area contributed by atoms with Gasteiger partial charge in [0, 0.05) is 33.1 Å². The Morgan fingerprint density at radius 2 is 1.05 bits per heavy atom. The van der Waals surface area contributed by atoms with Crippen LogP contribution >= 0.6 is 0 Å². The molecule has 1 unspecified atom stereocenters. The summed E-state index contributed by atoms with van der Waals surface area (Å²) in [5, 5.41) is 10.3. The normalized spacial score (nSPS) is 17.2. The maximum atomic E-state index is 2.60. The Bertz CT molecular complexity index is 4010. The molecule has 3 aliphatic carbocycles. The summed E-state index contributed by atoms with van der Waals surface area (Å²) in [5.41, 5.74) is 20.5. The fourth-order valence-corrected chi connectivity index (χ4v) is 13.4. The number of benzene rings is 10. The van der Waals surface area contributed by atoms with Gasteiger partial charge in [-0.05, 0) is 138 Å². The van der Waals surface area contributed by atoms with Crippen molar-refractivity contribution in [3.05, 3.63) is 245 Å². The van der Waals surface area contributed by atoms with E-state index in [0.29, 0.717) is 0 Å². The lowest BCUT2D eigenvalue weighted by Crippen LogP contribution is -2.34. The molecule has 1 atom stereocenters. The Labute approximate surface area is 384 Å². The first-order valence-electron chi connectivity index (χ1n) is 23.6. The minimum absolute atomic E-state index is 0.153.